The lowest BCUT2D eigenvalue weighted by atomic mass is 9.80. The molecule has 1 atom stereocenters. The Kier molecular flexibility index (Phi) is 5.64. The monoisotopic (exact) mass is 466 g/mol. The first kappa shape index (κ1) is 22.8. The number of ether oxygens (including phenoxy) is 2. The van der Waals surface area contributed by atoms with Crippen LogP contribution in [0.1, 0.15) is 53.9 Å². The van der Waals surface area contributed by atoms with Crippen molar-refractivity contribution in [3.63, 3.8) is 0 Å². The second-order valence-corrected chi connectivity index (χ2v) is 9.58. The van der Waals surface area contributed by atoms with Gasteiger partial charge in [-0.3, -0.25) is 4.79 Å². The van der Waals surface area contributed by atoms with E-state index in [-0.39, 0.29) is 11.4 Å². The number of carbonyl (C=O) groups excluding carboxylic acids is 1. The van der Waals surface area contributed by atoms with E-state index in [0.717, 1.165) is 45.0 Å². The van der Waals surface area contributed by atoms with Crippen LogP contribution >= 0.6 is 0 Å². The lowest BCUT2D eigenvalue weighted by Gasteiger charge is -2.37. The Hall–Kier alpha value is -3.99. The molecule has 2 heterocycles. The van der Waals surface area contributed by atoms with Gasteiger partial charge in [-0.15, -0.1) is 6.58 Å². The van der Waals surface area contributed by atoms with Crippen LogP contribution in [-0.2, 0) is 0 Å². The van der Waals surface area contributed by atoms with Crippen molar-refractivity contribution in [3.05, 3.63) is 95.6 Å². The van der Waals surface area contributed by atoms with Gasteiger partial charge in [0.25, 0.3) is 5.91 Å². The zero-order valence-corrected chi connectivity index (χ0v) is 20.6. The molecule has 35 heavy (non-hydrogen) atoms. The third-order valence-corrected chi connectivity index (χ3v) is 6.52. The predicted octanol–water partition coefficient (Wildman–Crippen LogP) is 6.37. The van der Waals surface area contributed by atoms with Crippen LogP contribution in [0.2, 0.25) is 0 Å². The van der Waals surface area contributed by atoms with Gasteiger partial charge in [-0.25, -0.2) is 0 Å². The minimum Gasteiger partial charge on any atom is -0.496 e. The van der Waals surface area contributed by atoms with E-state index in [2.05, 4.69) is 56.2 Å². The highest BCUT2D eigenvalue weighted by atomic mass is 16.5. The van der Waals surface area contributed by atoms with Crippen LogP contribution in [0.4, 0.5) is 5.69 Å². The summed E-state index contributed by atoms with van der Waals surface area (Å²) in [6.07, 6.45) is 3.53. The fourth-order valence-electron chi connectivity index (χ4n) is 5.21. The summed E-state index contributed by atoms with van der Waals surface area (Å²) < 4.78 is 12.4. The van der Waals surface area contributed by atoms with E-state index in [0.29, 0.717) is 12.1 Å². The van der Waals surface area contributed by atoms with Crippen LogP contribution in [0.15, 0.2) is 73.3 Å². The summed E-state index contributed by atoms with van der Waals surface area (Å²) in [6.45, 7) is 10.6. The van der Waals surface area contributed by atoms with Crippen molar-refractivity contribution in [2.24, 2.45) is 0 Å². The van der Waals surface area contributed by atoms with Gasteiger partial charge < -0.3 is 20.1 Å². The summed E-state index contributed by atoms with van der Waals surface area (Å²) in [4.78, 5) is 12.7. The summed E-state index contributed by atoms with van der Waals surface area (Å²) >= 11 is 0. The van der Waals surface area contributed by atoms with Crippen molar-refractivity contribution in [3.8, 4) is 22.6 Å². The standard InChI is InChI=1S/C30H30N2O3/c1-6-15-31-29(33)20-10-7-9-19(16-20)28-27-21(26-23(34-5)11-8-12-24(26)35-28)13-14-22-25(27)18(2)17-30(3,4)32-22/h6-14,16-17,28,32H,1,15H2,2-5H3,(H,31,33). The molecule has 0 saturated heterocycles. The Bertz CT molecular complexity index is 1370. The van der Waals surface area contributed by atoms with Crippen molar-refractivity contribution >= 4 is 17.2 Å². The van der Waals surface area contributed by atoms with Gasteiger partial charge in [-0.05, 0) is 67.8 Å². The molecule has 1 unspecified atom stereocenters. The van der Waals surface area contributed by atoms with Gasteiger partial charge in [0.2, 0.25) is 0 Å². The fourth-order valence-corrected chi connectivity index (χ4v) is 5.21. The number of fused-ring (bicyclic) bond motifs is 5. The molecular weight excluding hydrogens is 436 g/mol. The minimum atomic E-state index is -0.391. The van der Waals surface area contributed by atoms with E-state index >= 15 is 0 Å². The highest BCUT2D eigenvalue weighted by Crippen LogP contribution is 2.53. The number of rotatable bonds is 5. The first-order valence-corrected chi connectivity index (χ1v) is 11.8. The molecule has 178 valence electrons. The van der Waals surface area contributed by atoms with Crippen molar-refractivity contribution in [1.29, 1.82) is 0 Å². The zero-order valence-electron chi connectivity index (χ0n) is 20.6. The largest absolute Gasteiger partial charge is 0.496 e. The molecule has 0 bridgehead atoms. The molecule has 0 aliphatic carbocycles. The van der Waals surface area contributed by atoms with Crippen LogP contribution in [0, 0.1) is 0 Å². The lowest BCUT2D eigenvalue weighted by Crippen LogP contribution is -2.32. The number of anilines is 1. The number of amides is 1. The second-order valence-electron chi connectivity index (χ2n) is 9.58. The lowest BCUT2D eigenvalue weighted by molar-refractivity contribution is 0.0957. The van der Waals surface area contributed by atoms with Crippen molar-refractivity contribution in [2.75, 3.05) is 19.0 Å². The second kappa shape index (κ2) is 8.66. The minimum absolute atomic E-state index is 0.139. The molecule has 3 aromatic carbocycles. The molecule has 0 saturated carbocycles. The number of allylic oxidation sites excluding steroid dienone is 1. The maximum atomic E-state index is 12.7. The molecule has 5 heteroatoms. The zero-order chi connectivity index (χ0) is 24.7. The Labute approximate surface area is 206 Å². The normalized spacial score (nSPS) is 16.9. The van der Waals surface area contributed by atoms with Gasteiger partial charge in [0, 0.05) is 28.9 Å². The molecule has 0 spiro atoms. The molecule has 5 nitrogen and oxygen atoms in total. The first-order valence-electron chi connectivity index (χ1n) is 11.8. The number of carbonyl (C=O) groups is 1. The van der Waals surface area contributed by atoms with Crippen molar-refractivity contribution < 1.29 is 14.3 Å². The van der Waals surface area contributed by atoms with E-state index < -0.39 is 6.10 Å². The number of nitrogens with one attached hydrogen (secondary N) is 2. The van der Waals surface area contributed by atoms with Crippen molar-refractivity contribution in [1.82, 2.24) is 5.32 Å². The van der Waals surface area contributed by atoms with E-state index in [1.54, 1.807) is 13.2 Å². The quantitative estimate of drug-likeness (QED) is 0.429. The van der Waals surface area contributed by atoms with E-state index in [9.17, 15) is 4.79 Å². The topological polar surface area (TPSA) is 59.6 Å². The third-order valence-electron chi connectivity index (χ3n) is 6.52. The van der Waals surface area contributed by atoms with Crippen LogP contribution < -0.4 is 20.1 Å². The van der Waals surface area contributed by atoms with Gasteiger partial charge in [0.05, 0.1) is 18.2 Å². The number of methoxy groups -OCH3 is 1. The van der Waals surface area contributed by atoms with Gasteiger partial charge in [0.1, 0.15) is 11.5 Å². The number of benzene rings is 3. The smallest absolute Gasteiger partial charge is 0.251 e. The van der Waals surface area contributed by atoms with Gasteiger partial charge >= 0.3 is 0 Å². The fraction of sp³-hybridized carbons (Fsp3) is 0.233. The average Bonchev–Trinajstić information content (AvgIpc) is 2.85. The maximum absolute atomic E-state index is 12.7. The predicted molar refractivity (Wildman–Crippen MR) is 141 cm³/mol. The number of hydrogen-bond donors (Lipinski definition) is 2. The molecule has 5 rings (SSSR count). The van der Waals surface area contributed by atoms with Crippen molar-refractivity contribution in [2.45, 2.75) is 32.4 Å². The van der Waals surface area contributed by atoms with Crippen LogP contribution in [-0.4, -0.2) is 25.1 Å². The molecule has 2 aliphatic rings. The molecule has 0 fully saturated rings. The molecule has 2 aliphatic heterocycles. The van der Waals surface area contributed by atoms with E-state index in [1.165, 1.54) is 5.57 Å². The summed E-state index contributed by atoms with van der Waals surface area (Å²) in [7, 11) is 1.68. The molecule has 3 aromatic rings. The highest BCUT2D eigenvalue weighted by Gasteiger charge is 2.35. The Morgan fingerprint density at radius 1 is 1.17 bits per heavy atom. The summed E-state index contributed by atoms with van der Waals surface area (Å²) in [5, 5.41) is 6.52. The van der Waals surface area contributed by atoms with Gasteiger partial charge in [0.15, 0.2) is 6.10 Å². The molecular formula is C30H30N2O3. The van der Waals surface area contributed by atoms with E-state index in [1.807, 2.05) is 42.5 Å². The first-order chi connectivity index (χ1) is 16.8. The number of hydrogen-bond acceptors (Lipinski definition) is 4. The molecule has 0 radical (unpaired) electrons. The summed E-state index contributed by atoms with van der Waals surface area (Å²) in [6, 6.07) is 17.8. The SMILES string of the molecule is C=CCNC(=O)c1cccc(C2Oc3cccc(OC)c3-c3ccc4c(c32)C(C)=CC(C)(C)N4)c1. The maximum Gasteiger partial charge on any atom is 0.251 e. The van der Waals surface area contributed by atoms with Crippen LogP contribution in [0.5, 0.6) is 11.5 Å². The average molecular weight is 467 g/mol. The third kappa shape index (κ3) is 3.97. The summed E-state index contributed by atoms with van der Waals surface area (Å²) in [5.41, 5.74) is 7.82. The molecule has 2 N–H and O–H groups in total. The van der Waals surface area contributed by atoms with Gasteiger partial charge in [-0.1, -0.05) is 36.4 Å². The Morgan fingerprint density at radius 3 is 2.74 bits per heavy atom. The molecule has 1 amide bonds. The Balaban J connectivity index is 1.73. The molecule has 0 aromatic heterocycles. The highest BCUT2D eigenvalue weighted by molar-refractivity contribution is 5.95. The summed E-state index contributed by atoms with van der Waals surface area (Å²) in [5.74, 6) is 1.39. The van der Waals surface area contributed by atoms with Crippen LogP contribution in [0.3, 0.4) is 0 Å². The van der Waals surface area contributed by atoms with Crippen LogP contribution in [0.25, 0.3) is 16.7 Å². The van der Waals surface area contributed by atoms with E-state index in [4.69, 9.17) is 9.47 Å². The Morgan fingerprint density at radius 2 is 1.97 bits per heavy atom. The van der Waals surface area contributed by atoms with Gasteiger partial charge in [-0.2, -0.15) is 0 Å².